The normalized spacial score (nSPS) is 36.3. The molecular formula is C13H21NO4. The van der Waals surface area contributed by atoms with Crippen LogP contribution in [0.25, 0.3) is 0 Å². The van der Waals surface area contributed by atoms with Crippen molar-refractivity contribution < 1.29 is 19.4 Å². The number of nitrogens with one attached hydrogen (secondary N) is 1. The Labute approximate surface area is 107 Å². The number of hydrogen-bond acceptors (Lipinski definition) is 3. The van der Waals surface area contributed by atoms with Gasteiger partial charge in [0.1, 0.15) is 0 Å². The topological polar surface area (TPSA) is 75.6 Å². The van der Waals surface area contributed by atoms with Gasteiger partial charge in [0, 0.05) is 18.6 Å². The number of carbonyl (C=O) groups is 2. The molecule has 0 bridgehead atoms. The molecule has 0 aromatic rings. The minimum Gasteiger partial charge on any atom is -0.481 e. The van der Waals surface area contributed by atoms with Crippen molar-refractivity contribution in [3.63, 3.8) is 0 Å². The Balaban J connectivity index is 1.80. The second kappa shape index (κ2) is 5.69. The highest BCUT2D eigenvalue weighted by atomic mass is 16.5. The van der Waals surface area contributed by atoms with E-state index in [-0.39, 0.29) is 29.9 Å². The van der Waals surface area contributed by atoms with Gasteiger partial charge in [-0.1, -0.05) is 0 Å². The summed E-state index contributed by atoms with van der Waals surface area (Å²) in [4.78, 5) is 22.9. The van der Waals surface area contributed by atoms with E-state index in [0.717, 1.165) is 12.8 Å². The largest absolute Gasteiger partial charge is 0.481 e. The molecule has 0 radical (unpaired) electrons. The fraction of sp³-hybridized carbons (Fsp3) is 0.846. The second-order valence-corrected chi connectivity index (χ2v) is 5.46. The van der Waals surface area contributed by atoms with E-state index in [0.29, 0.717) is 25.9 Å². The van der Waals surface area contributed by atoms with Crippen molar-refractivity contribution >= 4 is 11.9 Å². The summed E-state index contributed by atoms with van der Waals surface area (Å²) < 4.78 is 5.43. The summed E-state index contributed by atoms with van der Waals surface area (Å²) >= 11 is 0. The molecule has 2 N–H and O–H groups in total. The third-order valence-electron chi connectivity index (χ3n) is 3.98. The first-order valence-electron chi connectivity index (χ1n) is 6.71. The number of carboxylic acids is 1. The van der Waals surface area contributed by atoms with Gasteiger partial charge in [0.05, 0.1) is 12.0 Å². The highest BCUT2D eigenvalue weighted by Crippen LogP contribution is 2.31. The molecule has 1 saturated carbocycles. The van der Waals surface area contributed by atoms with Crippen molar-refractivity contribution in [2.45, 2.75) is 51.2 Å². The standard InChI is InChI=1S/C13H21NO4/c1-8-6-11(4-5-18-8)14-12(15)9-2-3-10(7-9)13(16)17/h8-11H,2-7H2,1H3,(H,14,15)(H,16,17)/t8?,9-,10+,11?/m1/s1. The van der Waals surface area contributed by atoms with Gasteiger partial charge in [0.25, 0.3) is 0 Å². The van der Waals surface area contributed by atoms with Crippen molar-refractivity contribution in [1.29, 1.82) is 0 Å². The van der Waals surface area contributed by atoms with Crippen LogP contribution in [0, 0.1) is 11.8 Å². The van der Waals surface area contributed by atoms with Gasteiger partial charge in [-0.25, -0.2) is 0 Å². The minimum atomic E-state index is -0.773. The highest BCUT2D eigenvalue weighted by Gasteiger charge is 2.34. The van der Waals surface area contributed by atoms with Crippen LogP contribution in [0.3, 0.4) is 0 Å². The molecule has 1 aliphatic heterocycles. The molecule has 0 aromatic carbocycles. The van der Waals surface area contributed by atoms with Crippen LogP contribution >= 0.6 is 0 Å². The quantitative estimate of drug-likeness (QED) is 0.793. The van der Waals surface area contributed by atoms with Gasteiger partial charge < -0.3 is 15.2 Å². The highest BCUT2D eigenvalue weighted by molar-refractivity contribution is 5.81. The van der Waals surface area contributed by atoms with Gasteiger partial charge in [-0.15, -0.1) is 0 Å². The zero-order valence-electron chi connectivity index (χ0n) is 10.7. The van der Waals surface area contributed by atoms with E-state index >= 15 is 0 Å². The lowest BCUT2D eigenvalue weighted by Gasteiger charge is -2.28. The Morgan fingerprint density at radius 1 is 1.17 bits per heavy atom. The van der Waals surface area contributed by atoms with E-state index in [1.165, 1.54) is 0 Å². The molecule has 2 unspecified atom stereocenters. The molecule has 18 heavy (non-hydrogen) atoms. The fourth-order valence-electron chi connectivity index (χ4n) is 2.89. The fourth-order valence-corrected chi connectivity index (χ4v) is 2.89. The summed E-state index contributed by atoms with van der Waals surface area (Å²) in [5.74, 6) is -1.21. The zero-order chi connectivity index (χ0) is 13.1. The van der Waals surface area contributed by atoms with Gasteiger partial charge in [-0.3, -0.25) is 9.59 Å². The van der Waals surface area contributed by atoms with Crippen molar-refractivity contribution in [2.75, 3.05) is 6.61 Å². The maximum atomic E-state index is 12.0. The van der Waals surface area contributed by atoms with Crippen LogP contribution in [0.4, 0.5) is 0 Å². The predicted octanol–water partition coefficient (Wildman–Crippen LogP) is 1.17. The molecule has 1 saturated heterocycles. The minimum absolute atomic E-state index is 0.0258. The molecule has 102 valence electrons. The van der Waals surface area contributed by atoms with Gasteiger partial charge in [-0.05, 0) is 39.0 Å². The Morgan fingerprint density at radius 2 is 1.89 bits per heavy atom. The lowest BCUT2D eigenvalue weighted by atomic mass is 10.0. The molecule has 4 atom stereocenters. The van der Waals surface area contributed by atoms with Crippen LogP contribution in [-0.4, -0.2) is 35.7 Å². The Hall–Kier alpha value is -1.10. The number of aliphatic carboxylic acids is 1. The molecule has 2 fully saturated rings. The van der Waals surface area contributed by atoms with Crippen LogP contribution in [0.2, 0.25) is 0 Å². The summed E-state index contributed by atoms with van der Waals surface area (Å²) in [6, 6.07) is 0.185. The van der Waals surface area contributed by atoms with Gasteiger partial charge in [0.2, 0.25) is 5.91 Å². The first-order valence-corrected chi connectivity index (χ1v) is 6.71. The lowest BCUT2D eigenvalue weighted by molar-refractivity contribution is -0.141. The first kappa shape index (κ1) is 13.3. The van der Waals surface area contributed by atoms with E-state index in [1.807, 2.05) is 6.92 Å². The number of ether oxygens (including phenoxy) is 1. The average molecular weight is 255 g/mol. The zero-order valence-corrected chi connectivity index (χ0v) is 10.7. The van der Waals surface area contributed by atoms with Crippen LogP contribution in [0.15, 0.2) is 0 Å². The van der Waals surface area contributed by atoms with Crippen LogP contribution < -0.4 is 5.32 Å². The summed E-state index contributed by atoms with van der Waals surface area (Å²) in [5.41, 5.74) is 0. The maximum Gasteiger partial charge on any atom is 0.306 e. The smallest absolute Gasteiger partial charge is 0.306 e. The summed E-state index contributed by atoms with van der Waals surface area (Å²) in [6.45, 7) is 2.70. The van der Waals surface area contributed by atoms with Crippen molar-refractivity contribution in [3.05, 3.63) is 0 Å². The predicted molar refractivity (Wildman–Crippen MR) is 65.0 cm³/mol. The Kier molecular flexibility index (Phi) is 4.22. The van der Waals surface area contributed by atoms with Gasteiger partial charge >= 0.3 is 5.97 Å². The van der Waals surface area contributed by atoms with E-state index in [9.17, 15) is 9.59 Å². The monoisotopic (exact) mass is 255 g/mol. The number of carboxylic acid groups (broad SMARTS) is 1. The number of hydrogen-bond donors (Lipinski definition) is 2. The molecule has 5 nitrogen and oxygen atoms in total. The molecule has 0 spiro atoms. The maximum absolute atomic E-state index is 12.0. The first-order chi connectivity index (χ1) is 8.56. The van der Waals surface area contributed by atoms with E-state index in [1.54, 1.807) is 0 Å². The summed E-state index contributed by atoms with van der Waals surface area (Å²) in [6.07, 6.45) is 3.70. The molecular weight excluding hydrogens is 234 g/mol. The van der Waals surface area contributed by atoms with Crippen LogP contribution in [0.5, 0.6) is 0 Å². The van der Waals surface area contributed by atoms with E-state index in [2.05, 4.69) is 5.32 Å². The van der Waals surface area contributed by atoms with E-state index in [4.69, 9.17) is 9.84 Å². The molecule has 1 heterocycles. The second-order valence-electron chi connectivity index (χ2n) is 5.46. The SMILES string of the molecule is CC1CC(NC(=O)[C@@H]2CC[C@H](C(=O)O)C2)CCO1. The van der Waals surface area contributed by atoms with Crippen molar-refractivity contribution in [2.24, 2.45) is 11.8 Å². The van der Waals surface area contributed by atoms with Gasteiger partial charge in [0.15, 0.2) is 0 Å². The van der Waals surface area contributed by atoms with Crippen LogP contribution in [-0.2, 0) is 14.3 Å². The third-order valence-corrected chi connectivity index (χ3v) is 3.98. The lowest BCUT2D eigenvalue weighted by Crippen LogP contribution is -2.43. The van der Waals surface area contributed by atoms with Crippen LogP contribution in [0.1, 0.15) is 39.0 Å². The average Bonchev–Trinajstić information content (AvgIpc) is 2.78. The Bertz CT molecular complexity index is 331. The molecule has 0 aromatic heterocycles. The molecule has 1 aliphatic carbocycles. The number of rotatable bonds is 3. The van der Waals surface area contributed by atoms with E-state index < -0.39 is 5.97 Å². The molecule has 2 aliphatic rings. The van der Waals surface area contributed by atoms with Crippen molar-refractivity contribution in [3.8, 4) is 0 Å². The number of amides is 1. The molecule has 1 amide bonds. The third kappa shape index (κ3) is 3.22. The molecule has 2 rings (SSSR count). The van der Waals surface area contributed by atoms with Gasteiger partial charge in [-0.2, -0.15) is 0 Å². The molecule has 5 heteroatoms. The Morgan fingerprint density at radius 3 is 2.50 bits per heavy atom. The van der Waals surface area contributed by atoms with Crippen molar-refractivity contribution in [1.82, 2.24) is 5.32 Å². The summed E-state index contributed by atoms with van der Waals surface area (Å²) in [5, 5.41) is 12.0. The summed E-state index contributed by atoms with van der Waals surface area (Å²) in [7, 11) is 0. The number of carbonyl (C=O) groups excluding carboxylic acids is 1.